The van der Waals surface area contributed by atoms with E-state index in [0.29, 0.717) is 11.3 Å². The first kappa shape index (κ1) is 21.2. The number of carbonyl (C=O) groups excluding carboxylic acids is 1. The summed E-state index contributed by atoms with van der Waals surface area (Å²) >= 11 is 0. The van der Waals surface area contributed by atoms with Gasteiger partial charge in [0.15, 0.2) is 0 Å². The number of rotatable bonds is 4. The van der Waals surface area contributed by atoms with E-state index in [-0.39, 0.29) is 5.78 Å². The monoisotopic (exact) mass is 427 g/mol. The molecule has 1 spiro atoms. The fourth-order valence-corrected chi connectivity index (χ4v) is 9.07. The Balaban J connectivity index is 1.93. The molecule has 2 aromatic carbocycles. The quantitative estimate of drug-likeness (QED) is 0.464. The number of ketones is 1. The van der Waals surface area contributed by atoms with Gasteiger partial charge in [-0.05, 0) is 0 Å². The fraction of sp³-hybridized carbons (Fsp3) is 0.375. The van der Waals surface area contributed by atoms with Crippen molar-refractivity contribution in [2.45, 2.75) is 44.6 Å². The van der Waals surface area contributed by atoms with Crippen molar-refractivity contribution < 1.29 is 18.4 Å². The maximum absolute atomic E-state index is 13.8. The van der Waals surface area contributed by atoms with Gasteiger partial charge in [-0.2, -0.15) is 0 Å². The zero-order valence-electron chi connectivity index (χ0n) is 18.5. The number of carbonyl (C=O) groups is 1. The van der Waals surface area contributed by atoms with Gasteiger partial charge in [0.25, 0.3) is 0 Å². The summed E-state index contributed by atoms with van der Waals surface area (Å²) in [6, 6.07) is 19.1. The SMILES string of the molecule is CN(C)P12(OC(c3ccccc3)=CC1C(=O)c1ccccc1)OC(C)(C)C(C)(C)O2. The van der Waals surface area contributed by atoms with Crippen LogP contribution >= 0.6 is 7.43 Å². The van der Waals surface area contributed by atoms with E-state index in [1.807, 2.05) is 113 Å². The summed E-state index contributed by atoms with van der Waals surface area (Å²) in [4.78, 5) is 13.8. The number of allylic oxidation sites excluding steroid dienone is 1. The van der Waals surface area contributed by atoms with Gasteiger partial charge in [0.05, 0.1) is 0 Å². The molecule has 0 bridgehead atoms. The average molecular weight is 427 g/mol. The maximum atomic E-state index is 13.8. The minimum absolute atomic E-state index is 0.0682. The van der Waals surface area contributed by atoms with E-state index >= 15 is 0 Å². The van der Waals surface area contributed by atoms with Crippen LogP contribution in [0.2, 0.25) is 0 Å². The van der Waals surface area contributed by atoms with Crippen LogP contribution in [-0.2, 0) is 13.6 Å². The number of Topliss-reactive ketones (excluding diaryl/α,β-unsaturated/α-hetero) is 1. The zero-order valence-corrected chi connectivity index (χ0v) is 19.4. The van der Waals surface area contributed by atoms with Gasteiger partial charge >= 0.3 is 179 Å². The third-order valence-corrected chi connectivity index (χ3v) is 11.3. The summed E-state index contributed by atoms with van der Waals surface area (Å²) in [6.45, 7) is 7.97. The Kier molecular flexibility index (Phi) is 4.76. The molecule has 2 aliphatic rings. The molecule has 30 heavy (non-hydrogen) atoms. The van der Waals surface area contributed by atoms with Crippen LogP contribution in [0, 0.1) is 0 Å². The van der Waals surface area contributed by atoms with Crippen molar-refractivity contribution in [1.29, 1.82) is 0 Å². The van der Waals surface area contributed by atoms with Gasteiger partial charge in [0.1, 0.15) is 0 Å². The Morgan fingerprint density at radius 2 is 1.37 bits per heavy atom. The van der Waals surface area contributed by atoms with Gasteiger partial charge in [-0.15, -0.1) is 0 Å². The molecule has 0 aromatic heterocycles. The third-order valence-electron chi connectivity index (χ3n) is 6.39. The molecule has 0 amide bonds. The Bertz CT molecular complexity index is 982. The molecule has 1 saturated heterocycles. The number of nitrogens with zero attached hydrogens (tertiary/aromatic N) is 1. The molecule has 1 unspecified atom stereocenters. The molecule has 2 aromatic rings. The molecule has 0 saturated carbocycles. The zero-order chi connectivity index (χ0) is 21.8. The summed E-state index contributed by atoms with van der Waals surface area (Å²) in [6.07, 6.45) is 1.89. The predicted octanol–water partition coefficient (Wildman–Crippen LogP) is 5.69. The minimum atomic E-state index is -4.11. The molecule has 0 aliphatic carbocycles. The summed E-state index contributed by atoms with van der Waals surface area (Å²) in [7, 11) is -0.354. The third kappa shape index (κ3) is 2.88. The second-order valence-electron chi connectivity index (χ2n) is 9.11. The molecule has 6 heteroatoms. The van der Waals surface area contributed by atoms with Crippen molar-refractivity contribution in [3.8, 4) is 0 Å². The van der Waals surface area contributed by atoms with Gasteiger partial charge in [0.2, 0.25) is 0 Å². The second kappa shape index (κ2) is 6.73. The predicted molar refractivity (Wildman–Crippen MR) is 121 cm³/mol. The van der Waals surface area contributed by atoms with Crippen LogP contribution in [0.1, 0.15) is 43.6 Å². The summed E-state index contributed by atoms with van der Waals surface area (Å²) in [5.74, 6) is 0.547. The van der Waals surface area contributed by atoms with E-state index in [9.17, 15) is 4.79 Å². The molecule has 4 rings (SSSR count). The number of hydrogen-bond donors (Lipinski definition) is 0. The van der Waals surface area contributed by atoms with Gasteiger partial charge in [-0.25, -0.2) is 0 Å². The van der Waals surface area contributed by atoms with E-state index in [1.165, 1.54) is 0 Å². The number of hydrogen-bond acceptors (Lipinski definition) is 5. The molecule has 2 aliphatic heterocycles. The normalized spacial score (nSPS) is 26.6. The topological polar surface area (TPSA) is 48.0 Å². The van der Waals surface area contributed by atoms with Gasteiger partial charge in [-0.1, -0.05) is 0 Å². The Morgan fingerprint density at radius 1 is 0.867 bits per heavy atom. The Hall–Kier alpha value is -2.04. The first-order valence-corrected chi connectivity index (χ1v) is 12.2. The van der Waals surface area contributed by atoms with Crippen molar-refractivity contribution in [2.24, 2.45) is 0 Å². The van der Waals surface area contributed by atoms with Crippen molar-refractivity contribution in [3.05, 3.63) is 77.9 Å². The van der Waals surface area contributed by atoms with Gasteiger partial charge < -0.3 is 0 Å². The molecule has 1 fully saturated rings. The van der Waals surface area contributed by atoms with Crippen molar-refractivity contribution in [1.82, 2.24) is 4.67 Å². The van der Waals surface area contributed by atoms with E-state index in [1.54, 1.807) is 0 Å². The molecular weight excluding hydrogens is 397 g/mol. The van der Waals surface area contributed by atoms with E-state index in [4.69, 9.17) is 13.6 Å². The van der Waals surface area contributed by atoms with Crippen LogP contribution in [-0.4, -0.2) is 41.4 Å². The van der Waals surface area contributed by atoms with Crippen molar-refractivity contribution in [3.63, 3.8) is 0 Å². The number of benzene rings is 2. The Labute approximate surface area is 178 Å². The summed E-state index contributed by atoms with van der Waals surface area (Å²) in [5, 5.41) is 0. The standard InChI is InChI=1S/C24H30NO4P/c1-23(2)24(3,4)29-30(28-23,25(5)6)21(22(26)19-15-11-8-12-16-19)17-20(27-30)18-13-9-7-10-14-18/h7-17,21H,1-6H3. The summed E-state index contributed by atoms with van der Waals surface area (Å²) in [5.41, 5.74) is -0.530. The second-order valence-corrected chi connectivity index (χ2v) is 12.8. The fourth-order valence-electron chi connectivity index (χ4n) is 4.06. The summed E-state index contributed by atoms with van der Waals surface area (Å²) < 4.78 is 22.2. The van der Waals surface area contributed by atoms with Crippen LogP contribution in [0.4, 0.5) is 0 Å². The van der Waals surface area contributed by atoms with Crippen LogP contribution in [0.3, 0.4) is 0 Å². The van der Waals surface area contributed by atoms with Crippen LogP contribution < -0.4 is 0 Å². The average Bonchev–Trinajstić information content (AvgIpc) is 3.12. The first-order valence-electron chi connectivity index (χ1n) is 10.2. The molecule has 0 N–H and O–H groups in total. The Morgan fingerprint density at radius 3 is 1.87 bits per heavy atom. The van der Waals surface area contributed by atoms with E-state index in [2.05, 4.69) is 0 Å². The molecule has 160 valence electrons. The molecule has 0 radical (unpaired) electrons. The molecule has 1 atom stereocenters. The van der Waals surface area contributed by atoms with Crippen LogP contribution in [0.15, 0.2) is 66.7 Å². The van der Waals surface area contributed by atoms with Crippen molar-refractivity contribution in [2.75, 3.05) is 14.1 Å². The van der Waals surface area contributed by atoms with Crippen molar-refractivity contribution >= 4 is 19.0 Å². The van der Waals surface area contributed by atoms with Crippen LogP contribution in [0.25, 0.3) is 5.76 Å². The molecule has 5 nitrogen and oxygen atoms in total. The molecule has 2 heterocycles. The first-order chi connectivity index (χ1) is 14.0. The van der Waals surface area contributed by atoms with Crippen LogP contribution in [0.5, 0.6) is 0 Å². The molecular formula is C24H30NO4P. The van der Waals surface area contributed by atoms with E-state index < -0.39 is 24.3 Å². The van der Waals surface area contributed by atoms with E-state index in [0.717, 1.165) is 5.56 Å². The van der Waals surface area contributed by atoms with Gasteiger partial charge in [-0.3, -0.25) is 0 Å². The van der Waals surface area contributed by atoms with Gasteiger partial charge in [0, 0.05) is 0 Å².